The van der Waals surface area contributed by atoms with Crippen LogP contribution in [0.4, 0.5) is 0 Å². The van der Waals surface area contributed by atoms with Gasteiger partial charge in [-0.25, -0.2) is 9.78 Å². The van der Waals surface area contributed by atoms with Gasteiger partial charge in [-0.1, -0.05) is 24.3 Å². The normalized spacial score (nSPS) is 10.7. The van der Waals surface area contributed by atoms with Crippen LogP contribution in [0.1, 0.15) is 10.4 Å². The van der Waals surface area contributed by atoms with Crippen LogP contribution in [0.15, 0.2) is 55.0 Å². The van der Waals surface area contributed by atoms with Crippen LogP contribution in [0.2, 0.25) is 0 Å². The Morgan fingerprint density at radius 3 is 2.78 bits per heavy atom. The molecule has 2 heterocycles. The van der Waals surface area contributed by atoms with Gasteiger partial charge in [0.1, 0.15) is 5.82 Å². The predicted molar refractivity (Wildman–Crippen MR) is 68.0 cm³/mol. The van der Waals surface area contributed by atoms with E-state index in [1.54, 1.807) is 29.2 Å². The molecule has 3 aromatic rings. The van der Waals surface area contributed by atoms with Gasteiger partial charge in [0.05, 0.1) is 5.56 Å². The summed E-state index contributed by atoms with van der Waals surface area (Å²) in [4.78, 5) is 15.2. The summed E-state index contributed by atoms with van der Waals surface area (Å²) in [6.45, 7) is 0. The van der Waals surface area contributed by atoms with Crippen molar-refractivity contribution >= 4 is 16.7 Å². The molecule has 18 heavy (non-hydrogen) atoms. The van der Waals surface area contributed by atoms with E-state index >= 15 is 0 Å². The molecule has 0 fully saturated rings. The molecule has 0 amide bonds. The lowest BCUT2D eigenvalue weighted by Gasteiger charge is -2.05. The molecular formula is C14H10N2O2. The molecule has 0 aliphatic rings. The van der Waals surface area contributed by atoms with Gasteiger partial charge < -0.3 is 9.67 Å². The van der Waals surface area contributed by atoms with Crippen LogP contribution in [0.5, 0.6) is 0 Å². The Hall–Kier alpha value is -2.62. The van der Waals surface area contributed by atoms with Gasteiger partial charge in [-0.3, -0.25) is 0 Å². The first-order chi connectivity index (χ1) is 8.75. The number of fused-ring (bicyclic) bond motifs is 1. The molecule has 1 N–H and O–H groups in total. The molecule has 0 saturated heterocycles. The van der Waals surface area contributed by atoms with Crippen LogP contribution in [-0.2, 0) is 0 Å². The lowest BCUT2D eigenvalue weighted by Crippen LogP contribution is -1.97. The van der Waals surface area contributed by atoms with Crippen molar-refractivity contribution in [2.45, 2.75) is 0 Å². The number of carbonyl (C=O) groups is 1. The van der Waals surface area contributed by atoms with E-state index in [0.717, 1.165) is 16.6 Å². The third-order valence-corrected chi connectivity index (χ3v) is 2.84. The predicted octanol–water partition coefficient (Wildman–Crippen LogP) is 2.72. The van der Waals surface area contributed by atoms with Crippen molar-refractivity contribution in [2.24, 2.45) is 0 Å². The Kier molecular flexibility index (Phi) is 2.34. The topological polar surface area (TPSA) is 55.1 Å². The summed E-state index contributed by atoms with van der Waals surface area (Å²) in [6.07, 6.45) is 4.99. The van der Waals surface area contributed by atoms with Gasteiger partial charge in [-0.05, 0) is 17.5 Å². The van der Waals surface area contributed by atoms with Gasteiger partial charge in [0.15, 0.2) is 0 Å². The molecule has 4 heteroatoms. The molecule has 0 bridgehead atoms. The second-order valence-corrected chi connectivity index (χ2v) is 3.97. The molecule has 0 unspecified atom stereocenters. The zero-order valence-electron chi connectivity index (χ0n) is 9.45. The third kappa shape index (κ3) is 1.64. The Morgan fingerprint density at radius 1 is 1.17 bits per heavy atom. The van der Waals surface area contributed by atoms with E-state index in [1.807, 2.05) is 30.3 Å². The minimum absolute atomic E-state index is 0.254. The summed E-state index contributed by atoms with van der Waals surface area (Å²) < 4.78 is 1.73. The summed E-state index contributed by atoms with van der Waals surface area (Å²) >= 11 is 0. The molecule has 0 radical (unpaired) electrons. The lowest BCUT2D eigenvalue weighted by atomic mass is 10.1. The Morgan fingerprint density at radius 2 is 2.00 bits per heavy atom. The summed E-state index contributed by atoms with van der Waals surface area (Å²) in [6, 6.07) is 11.4. The molecule has 1 aromatic carbocycles. The molecule has 0 atom stereocenters. The second kappa shape index (κ2) is 4.00. The Labute approximate surface area is 103 Å². The highest BCUT2D eigenvalue weighted by Gasteiger charge is 2.08. The second-order valence-electron chi connectivity index (χ2n) is 3.97. The van der Waals surface area contributed by atoms with E-state index in [-0.39, 0.29) is 5.56 Å². The van der Waals surface area contributed by atoms with Crippen LogP contribution in [-0.4, -0.2) is 20.6 Å². The lowest BCUT2D eigenvalue weighted by molar-refractivity contribution is 0.0697. The van der Waals surface area contributed by atoms with Gasteiger partial charge in [-0.15, -0.1) is 0 Å². The van der Waals surface area contributed by atoms with Crippen LogP contribution >= 0.6 is 0 Å². The molecule has 0 saturated carbocycles. The average molecular weight is 238 g/mol. The highest BCUT2D eigenvalue weighted by Crippen LogP contribution is 2.20. The van der Waals surface area contributed by atoms with Crippen LogP contribution < -0.4 is 0 Å². The first kappa shape index (κ1) is 10.5. The van der Waals surface area contributed by atoms with E-state index in [9.17, 15) is 4.79 Å². The molecular weight excluding hydrogens is 228 g/mol. The number of hydrogen-bond donors (Lipinski definition) is 1. The quantitative estimate of drug-likeness (QED) is 0.746. The number of rotatable bonds is 2. The van der Waals surface area contributed by atoms with Crippen LogP contribution in [0, 0.1) is 0 Å². The number of pyridine rings is 1. The zero-order chi connectivity index (χ0) is 12.5. The summed E-state index contributed by atoms with van der Waals surface area (Å²) in [5.74, 6) is -0.199. The summed E-state index contributed by atoms with van der Waals surface area (Å²) in [5.41, 5.74) is 0.254. The molecule has 0 aliphatic carbocycles. The number of aromatic nitrogens is 2. The number of hydrogen-bond acceptors (Lipinski definition) is 2. The monoisotopic (exact) mass is 238 g/mol. The highest BCUT2D eigenvalue weighted by atomic mass is 16.4. The van der Waals surface area contributed by atoms with Gasteiger partial charge in [0.2, 0.25) is 0 Å². The maximum atomic E-state index is 10.9. The summed E-state index contributed by atoms with van der Waals surface area (Å²) in [7, 11) is 0. The zero-order valence-corrected chi connectivity index (χ0v) is 9.45. The van der Waals surface area contributed by atoms with Crippen molar-refractivity contribution in [3.8, 4) is 5.82 Å². The Bertz CT molecular complexity index is 726. The molecule has 0 spiro atoms. The first-order valence-corrected chi connectivity index (χ1v) is 5.51. The van der Waals surface area contributed by atoms with Gasteiger partial charge in [-0.2, -0.15) is 0 Å². The largest absolute Gasteiger partial charge is 0.478 e. The van der Waals surface area contributed by atoms with Crippen molar-refractivity contribution in [1.82, 2.24) is 9.55 Å². The minimum atomic E-state index is -0.936. The van der Waals surface area contributed by atoms with Crippen molar-refractivity contribution < 1.29 is 9.90 Å². The summed E-state index contributed by atoms with van der Waals surface area (Å²) in [5, 5.41) is 11.0. The van der Waals surface area contributed by atoms with E-state index in [4.69, 9.17) is 5.11 Å². The molecule has 0 aliphatic heterocycles. The maximum Gasteiger partial charge on any atom is 0.337 e. The molecule has 2 aromatic heterocycles. The first-order valence-electron chi connectivity index (χ1n) is 5.51. The highest BCUT2D eigenvalue weighted by molar-refractivity contribution is 5.90. The van der Waals surface area contributed by atoms with Crippen LogP contribution in [0.25, 0.3) is 16.6 Å². The minimum Gasteiger partial charge on any atom is -0.478 e. The maximum absolute atomic E-state index is 10.9. The van der Waals surface area contributed by atoms with E-state index in [1.165, 1.54) is 0 Å². The number of carboxylic acid groups (broad SMARTS) is 1. The molecule has 88 valence electrons. The van der Waals surface area contributed by atoms with Gasteiger partial charge in [0, 0.05) is 24.0 Å². The van der Waals surface area contributed by atoms with Crippen molar-refractivity contribution in [3.05, 3.63) is 60.6 Å². The molecule has 3 rings (SSSR count). The van der Waals surface area contributed by atoms with E-state index < -0.39 is 5.97 Å². The third-order valence-electron chi connectivity index (χ3n) is 2.84. The molecule has 4 nitrogen and oxygen atoms in total. The number of aromatic carboxylic acids is 1. The number of benzene rings is 1. The fourth-order valence-electron chi connectivity index (χ4n) is 1.96. The number of carboxylic acids is 1. The Balaban J connectivity index is 2.21. The van der Waals surface area contributed by atoms with Crippen molar-refractivity contribution in [2.75, 3.05) is 0 Å². The standard InChI is InChI=1S/C14H10N2O2/c17-14(18)11-6-8-16(9-11)13-12-4-2-1-3-10(12)5-7-15-13/h1-9H,(H,17,18). The van der Waals surface area contributed by atoms with Crippen molar-refractivity contribution in [1.29, 1.82) is 0 Å². The fourth-order valence-corrected chi connectivity index (χ4v) is 1.96. The SMILES string of the molecule is O=C(O)c1ccn(-c2nccc3ccccc23)c1. The smallest absolute Gasteiger partial charge is 0.337 e. The van der Waals surface area contributed by atoms with E-state index in [2.05, 4.69) is 4.98 Å². The van der Waals surface area contributed by atoms with Crippen LogP contribution in [0.3, 0.4) is 0 Å². The number of nitrogens with zero attached hydrogens (tertiary/aromatic N) is 2. The fraction of sp³-hybridized carbons (Fsp3) is 0. The van der Waals surface area contributed by atoms with Crippen molar-refractivity contribution in [3.63, 3.8) is 0 Å². The van der Waals surface area contributed by atoms with Gasteiger partial charge in [0.25, 0.3) is 0 Å². The van der Waals surface area contributed by atoms with Gasteiger partial charge >= 0.3 is 5.97 Å². The van der Waals surface area contributed by atoms with E-state index in [0.29, 0.717) is 0 Å². The average Bonchev–Trinajstić information content (AvgIpc) is 2.87.